The van der Waals surface area contributed by atoms with Crippen molar-refractivity contribution < 1.29 is 4.79 Å². The molecule has 1 atom stereocenters. The highest BCUT2D eigenvalue weighted by molar-refractivity contribution is 7.99. The number of benzene rings is 2. The van der Waals surface area contributed by atoms with Crippen LogP contribution in [0.1, 0.15) is 49.1 Å². The van der Waals surface area contributed by atoms with Gasteiger partial charge in [-0.25, -0.2) is 0 Å². The molecule has 3 rings (SSSR count). The second-order valence-corrected chi connectivity index (χ2v) is 9.00. The van der Waals surface area contributed by atoms with Crippen LogP contribution < -0.4 is 5.32 Å². The summed E-state index contributed by atoms with van der Waals surface area (Å²) in [4.78, 5) is 12.5. The van der Waals surface area contributed by atoms with Crippen LogP contribution in [0.5, 0.6) is 0 Å². The highest BCUT2D eigenvalue weighted by atomic mass is 32.2. The van der Waals surface area contributed by atoms with Crippen LogP contribution in [0, 0.1) is 19.8 Å². The number of nitrogens with one attached hydrogen (secondary N) is 1. The van der Waals surface area contributed by atoms with Gasteiger partial charge >= 0.3 is 0 Å². The average molecular weight is 424 g/mol. The Labute approximate surface area is 182 Å². The van der Waals surface area contributed by atoms with E-state index in [2.05, 4.69) is 72.8 Å². The molecule has 1 aromatic heterocycles. The first-order valence-electron chi connectivity index (χ1n) is 10.2. The van der Waals surface area contributed by atoms with Crippen LogP contribution in [-0.2, 0) is 11.2 Å². The SMILES string of the molecule is Cc1ccc(-n2nnnc2SCC(=O)N[C@H](C)c2ccc(CC(C)C)cc2)cc1C. The molecule has 0 fully saturated rings. The van der Waals surface area contributed by atoms with Gasteiger partial charge < -0.3 is 5.32 Å². The summed E-state index contributed by atoms with van der Waals surface area (Å²) < 4.78 is 1.67. The fourth-order valence-corrected chi connectivity index (χ4v) is 3.90. The Morgan fingerprint density at radius 1 is 1.07 bits per heavy atom. The van der Waals surface area contributed by atoms with E-state index in [0.29, 0.717) is 11.1 Å². The number of tetrazole rings is 1. The van der Waals surface area contributed by atoms with E-state index in [-0.39, 0.29) is 17.7 Å². The molecular weight excluding hydrogens is 394 g/mol. The van der Waals surface area contributed by atoms with E-state index in [4.69, 9.17) is 0 Å². The summed E-state index contributed by atoms with van der Waals surface area (Å²) in [6.45, 7) is 10.5. The zero-order valence-electron chi connectivity index (χ0n) is 18.2. The lowest BCUT2D eigenvalue weighted by Crippen LogP contribution is -2.28. The molecule has 6 nitrogen and oxygen atoms in total. The van der Waals surface area contributed by atoms with Crippen molar-refractivity contribution in [1.29, 1.82) is 0 Å². The first-order chi connectivity index (χ1) is 14.3. The number of aromatic nitrogens is 4. The fraction of sp³-hybridized carbons (Fsp3) is 0.391. The van der Waals surface area contributed by atoms with Gasteiger partial charge in [0.1, 0.15) is 0 Å². The predicted octanol–water partition coefficient (Wildman–Crippen LogP) is 4.45. The smallest absolute Gasteiger partial charge is 0.230 e. The summed E-state index contributed by atoms with van der Waals surface area (Å²) >= 11 is 1.33. The summed E-state index contributed by atoms with van der Waals surface area (Å²) in [6, 6.07) is 14.5. The lowest BCUT2D eigenvalue weighted by atomic mass is 10.00. The average Bonchev–Trinajstić information content (AvgIpc) is 3.17. The van der Waals surface area contributed by atoms with Crippen molar-refractivity contribution in [3.05, 3.63) is 64.7 Å². The summed E-state index contributed by atoms with van der Waals surface area (Å²) in [7, 11) is 0. The summed E-state index contributed by atoms with van der Waals surface area (Å²) in [5.41, 5.74) is 5.69. The number of amides is 1. The molecule has 1 N–H and O–H groups in total. The number of nitrogens with zero attached hydrogens (tertiary/aromatic N) is 4. The molecule has 3 aromatic rings. The largest absolute Gasteiger partial charge is 0.349 e. The predicted molar refractivity (Wildman–Crippen MR) is 121 cm³/mol. The molecule has 2 aromatic carbocycles. The van der Waals surface area contributed by atoms with Gasteiger partial charge in [0.05, 0.1) is 17.5 Å². The third-order valence-electron chi connectivity index (χ3n) is 5.01. The van der Waals surface area contributed by atoms with Gasteiger partial charge in [-0.3, -0.25) is 4.79 Å². The molecule has 0 bridgehead atoms. The first kappa shape index (κ1) is 22.0. The maximum atomic E-state index is 12.5. The van der Waals surface area contributed by atoms with Gasteiger partial charge in [0, 0.05) is 0 Å². The zero-order chi connectivity index (χ0) is 21.7. The maximum absolute atomic E-state index is 12.5. The minimum Gasteiger partial charge on any atom is -0.349 e. The topological polar surface area (TPSA) is 72.7 Å². The Kier molecular flexibility index (Phi) is 7.26. The van der Waals surface area contributed by atoms with Crippen LogP contribution in [0.4, 0.5) is 0 Å². The Morgan fingerprint density at radius 2 is 1.80 bits per heavy atom. The molecule has 0 aliphatic heterocycles. The van der Waals surface area contributed by atoms with Crippen molar-refractivity contribution in [3.63, 3.8) is 0 Å². The standard InChI is InChI=1S/C23H29N5OS/c1-15(2)12-19-7-9-20(10-8-19)18(5)24-22(29)14-30-23-25-26-27-28(23)21-11-6-16(3)17(4)13-21/h6-11,13,15,18H,12,14H2,1-5H3,(H,24,29)/t18-/m1/s1. The van der Waals surface area contributed by atoms with Crippen molar-refractivity contribution in [1.82, 2.24) is 25.5 Å². The Morgan fingerprint density at radius 3 is 2.47 bits per heavy atom. The number of aryl methyl sites for hydroxylation is 2. The zero-order valence-corrected chi connectivity index (χ0v) is 19.0. The fourth-order valence-electron chi connectivity index (χ4n) is 3.20. The van der Waals surface area contributed by atoms with Crippen LogP contribution in [0.25, 0.3) is 5.69 Å². The Balaban J connectivity index is 1.57. The number of hydrogen-bond acceptors (Lipinski definition) is 5. The van der Waals surface area contributed by atoms with Crippen LogP contribution in [0.2, 0.25) is 0 Å². The lowest BCUT2D eigenvalue weighted by Gasteiger charge is -2.15. The molecule has 30 heavy (non-hydrogen) atoms. The Hall–Kier alpha value is -2.67. The lowest BCUT2D eigenvalue weighted by molar-refractivity contribution is -0.119. The summed E-state index contributed by atoms with van der Waals surface area (Å²) in [6.07, 6.45) is 1.06. The quantitative estimate of drug-likeness (QED) is 0.542. The minimum atomic E-state index is -0.0538. The molecule has 1 amide bonds. The molecule has 7 heteroatoms. The molecule has 0 aliphatic rings. The van der Waals surface area contributed by atoms with Gasteiger partial charge in [0.25, 0.3) is 0 Å². The van der Waals surface area contributed by atoms with Gasteiger partial charge in [-0.05, 0) is 77.9 Å². The minimum absolute atomic E-state index is 0.0478. The summed E-state index contributed by atoms with van der Waals surface area (Å²) in [5.74, 6) is 0.833. The number of thioether (sulfide) groups is 1. The third kappa shape index (κ3) is 5.69. The van der Waals surface area contributed by atoms with E-state index in [1.807, 2.05) is 25.1 Å². The molecule has 158 valence electrons. The molecule has 1 heterocycles. The van der Waals surface area contributed by atoms with Crippen molar-refractivity contribution in [2.45, 2.75) is 52.2 Å². The number of hydrogen-bond donors (Lipinski definition) is 1. The van der Waals surface area contributed by atoms with Gasteiger partial charge in [0.2, 0.25) is 11.1 Å². The second kappa shape index (κ2) is 9.89. The number of rotatable bonds is 8. The second-order valence-electron chi connectivity index (χ2n) is 8.06. The van der Waals surface area contributed by atoms with Crippen molar-refractivity contribution in [2.75, 3.05) is 5.75 Å². The van der Waals surface area contributed by atoms with Crippen molar-refractivity contribution in [2.24, 2.45) is 5.92 Å². The van der Waals surface area contributed by atoms with Crippen LogP contribution in [0.15, 0.2) is 47.6 Å². The van der Waals surface area contributed by atoms with Gasteiger partial charge in [-0.2, -0.15) is 4.68 Å². The molecular formula is C23H29N5OS. The Bertz CT molecular complexity index is 997. The van der Waals surface area contributed by atoms with E-state index in [0.717, 1.165) is 17.7 Å². The molecule has 0 spiro atoms. The highest BCUT2D eigenvalue weighted by Crippen LogP contribution is 2.21. The first-order valence-corrected chi connectivity index (χ1v) is 11.2. The van der Waals surface area contributed by atoms with Gasteiger partial charge in [0.15, 0.2) is 0 Å². The normalized spacial score (nSPS) is 12.2. The van der Waals surface area contributed by atoms with E-state index < -0.39 is 0 Å². The monoisotopic (exact) mass is 423 g/mol. The van der Waals surface area contributed by atoms with Crippen molar-refractivity contribution >= 4 is 17.7 Å². The number of carbonyl (C=O) groups excluding carboxylic acids is 1. The van der Waals surface area contributed by atoms with Gasteiger partial charge in [-0.1, -0.05) is 55.9 Å². The molecule has 0 saturated heterocycles. The molecule has 0 unspecified atom stereocenters. The van der Waals surface area contributed by atoms with E-state index in [9.17, 15) is 4.79 Å². The third-order valence-corrected chi connectivity index (χ3v) is 5.93. The van der Waals surface area contributed by atoms with Crippen molar-refractivity contribution in [3.8, 4) is 5.69 Å². The molecule has 0 saturated carbocycles. The molecule has 0 radical (unpaired) electrons. The van der Waals surface area contributed by atoms with Crippen LogP contribution in [0.3, 0.4) is 0 Å². The maximum Gasteiger partial charge on any atom is 0.230 e. The summed E-state index contributed by atoms with van der Waals surface area (Å²) in [5, 5.41) is 15.6. The van der Waals surface area contributed by atoms with E-state index >= 15 is 0 Å². The van der Waals surface area contributed by atoms with Gasteiger partial charge in [-0.15, -0.1) is 5.10 Å². The molecule has 0 aliphatic carbocycles. The number of carbonyl (C=O) groups is 1. The van der Waals surface area contributed by atoms with Crippen LogP contribution in [-0.4, -0.2) is 31.9 Å². The van der Waals surface area contributed by atoms with E-state index in [1.54, 1.807) is 4.68 Å². The van der Waals surface area contributed by atoms with Crippen LogP contribution >= 0.6 is 11.8 Å². The highest BCUT2D eigenvalue weighted by Gasteiger charge is 2.14. The van der Waals surface area contributed by atoms with E-state index in [1.165, 1.54) is 28.5 Å².